The van der Waals surface area contributed by atoms with Crippen LogP contribution in [0.25, 0.3) is 0 Å². The number of nitrogens with zero attached hydrogens (tertiary/aromatic N) is 1. The molecule has 20 heavy (non-hydrogen) atoms. The summed E-state index contributed by atoms with van der Waals surface area (Å²) in [5.41, 5.74) is 2.49. The van der Waals surface area contributed by atoms with Gasteiger partial charge in [0.15, 0.2) is 0 Å². The van der Waals surface area contributed by atoms with Gasteiger partial charge in [0.05, 0.1) is 12.0 Å². The molecule has 0 spiro atoms. The van der Waals surface area contributed by atoms with Crippen LogP contribution in [-0.4, -0.2) is 15.9 Å². The number of aryl methyl sites for hydroxylation is 1. The predicted octanol–water partition coefficient (Wildman–Crippen LogP) is 2.71. The van der Waals surface area contributed by atoms with Gasteiger partial charge in [-0.2, -0.15) is 0 Å². The molecule has 2 aromatic rings. The highest BCUT2D eigenvalue weighted by atomic mass is 16.1. The summed E-state index contributed by atoms with van der Waals surface area (Å²) in [5.74, 6) is 0.862. The molecule has 2 unspecified atom stereocenters. The van der Waals surface area contributed by atoms with Crippen LogP contribution >= 0.6 is 0 Å². The monoisotopic (exact) mass is 269 g/mol. The Hall–Kier alpha value is -2.10. The first kappa shape index (κ1) is 12.9. The molecule has 3 rings (SSSR count). The molecular weight excluding hydrogens is 250 g/mol. The summed E-state index contributed by atoms with van der Waals surface area (Å²) in [4.78, 5) is 19.7. The van der Waals surface area contributed by atoms with E-state index in [9.17, 15) is 4.79 Å². The normalized spacial score (nSPS) is 19.1. The van der Waals surface area contributed by atoms with Crippen molar-refractivity contribution in [2.75, 3.05) is 0 Å². The highest BCUT2D eigenvalue weighted by Crippen LogP contribution is 2.31. The molecule has 0 aliphatic heterocycles. The van der Waals surface area contributed by atoms with Crippen molar-refractivity contribution in [3.8, 4) is 0 Å². The number of aromatic amines is 1. The Morgan fingerprint density at radius 1 is 1.45 bits per heavy atom. The van der Waals surface area contributed by atoms with Gasteiger partial charge in [-0.15, -0.1) is 0 Å². The summed E-state index contributed by atoms with van der Waals surface area (Å²) >= 11 is 0. The number of imidazole rings is 1. The van der Waals surface area contributed by atoms with E-state index in [4.69, 9.17) is 0 Å². The van der Waals surface area contributed by atoms with Crippen LogP contribution in [-0.2, 0) is 11.2 Å². The summed E-state index contributed by atoms with van der Waals surface area (Å²) in [5, 5.41) is 3.06. The van der Waals surface area contributed by atoms with Crippen molar-refractivity contribution < 1.29 is 4.79 Å². The average molecular weight is 269 g/mol. The lowest BCUT2D eigenvalue weighted by atomic mass is 9.82. The lowest BCUT2D eigenvalue weighted by Gasteiger charge is -2.25. The quantitative estimate of drug-likeness (QED) is 0.900. The van der Waals surface area contributed by atoms with E-state index < -0.39 is 0 Å². The maximum atomic E-state index is 12.5. The highest BCUT2D eigenvalue weighted by molar-refractivity contribution is 5.84. The van der Waals surface area contributed by atoms with Crippen molar-refractivity contribution in [2.24, 2.45) is 0 Å². The number of carbonyl (C=O) groups excluding carboxylic acids is 1. The predicted molar refractivity (Wildman–Crippen MR) is 77.3 cm³/mol. The third kappa shape index (κ3) is 2.46. The van der Waals surface area contributed by atoms with E-state index in [1.807, 2.05) is 19.1 Å². The Morgan fingerprint density at radius 3 is 3.10 bits per heavy atom. The van der Waals surface area contributed by atoms with E-state index in [2.05, 4.69) is 27.4 Å². The molecule has 4 nitrogen and oxygen atoms in total. The number of fused-ring (bicyclic) bond motifs is 1. The van der Waals surface area contributed by atoms with Crippen LogP contribution in [0.2, 0.25) is 0 Å². The van der Waals surface area contributed by atoms with Gasteiger partial charge in [0, 0.05) is 12.4 Å². The van der Waals surface area contributed by atoms with Gasteiger partial charge in [-0.05, 0) is 37.3 Å². The van der Waals surface area contributed by atoms with Gasteiger partial charge in [0.25, 0.3) is 0 Å². The van der Waals surface area contributed by atoms with Gasteiger partial charge in [-0.1, -0.05) is 24.3 Å². The van der Waals surface area contributed by atoms with Gasteiger partial charge in [0.1, 0.15) is 5.82 Å². The zero-order chi connectivity index (χ0) is 13.9. The molecule has 1 heterocycles. The molecule has 0 saturated heterocycles. The molecule has 0 radical (unpaired) electrons. The first-order chi connectivity index (χ1) is 9.75. The molecule has 2 atom stereocenters. The number of aromatic nitrogens is 2. The summed E-state index contributed by atoms with van der Waals surface area (Å²) in [6.45, 7) is 1.95. The molecule has 104 valence electrons. The second-order valence-electron chi connectivity index (χ2n) is 5.35. The van der Waals surface area contributed by atoms with E-state index in [0.29, 0.717) is 0 Å². The van der Waals surface area contributed by atoms with E-state index in [0.717, 1.165) is 25.1 Å². The molecule has 1 aromatic heterocycles. The van der Waals surface area contributed by atoms with E-state index in [-0.39, 0.29) is 17.9 Å². The molecule has 2 N–H and O–H groups in total. The lowest BCUT2D eigenvalue weighted by molar-refractivity contribution is -0.123. The van der Waals surface area contributed by atoms with Crippen LogP contribution in [0.3, 0.4) is 0 Å². The van der Waals surface area contributed by atoms with Crippen LogP contribution < -0.4 is 5.32 Å². The van der Waals surface area contributed by atoms with Crippen molar-refractivity contribution in [2.45, 2.75) is 38.1 Å². The van der Waals surface area contributed by atoms with Crippen molar-refractivity contribution >= 4 is 5.91 Å². The molecule has 0 saturated carbocycles. The highest BCUT2D eigenvalue weighted by Gasteiger charge is 2.27. The van der Waals surface area contributed by atoms with Crippen LogP contribution in [0, 0.1) is 0 Å². The lowest BCUT2D eigenvalue weighted by Crippen LogP contribution is -2.33. The number of nitrogens with one attached hydrogen (secondary N) is 2. The zero-order valence-corrected chi connectivity index (χ0v) is 11.6. The first-order valence-electron chi connectivity index (χ1n) is 7.13. The second-order valence-corrected chi connectivity index (χ2v) is 5.35. The minimum Gasteiger partial charge on any atom is -0.347 e. The van der Waals surface area contributed by atoms with E-state index >= 15 is 0 Å². The van der Waals surface area contributed by atoms with Crippen LogP contribution in [0.1, 0.15) is 48.7 Å². The number of H-pyrrole nitrogens is 1. The van der Waals surface area contributed by atoms with Crippen molar-refractivity contribution in [3.05, 3.63) is 53.6 Å². The molecule has 1 aliphatic rings. The number of benzene rings is 1. The molecule has 1 aliphatic carbocycles. The number of hydrogen-bond donors (Lipinski definition) is 2. The average Bonchev–Trinajstić information content (AvgIpc) is 3.01. The summed E-state index contributed by atoms with van der Waals surface area (Å²) < 4.78 is 0. The Kier molecular flexibility index (Phi) is 3.54. The van der Waals surface area contributed by atoms with Gasteiger partial charge in [0.2, 0.25) is 5.91 Å². The van der Waals surface area contributed by atoms with Gasteiger partial charge >= 0.3 is 0 Å². The van der Waals surface area contributed by atoms with Crippen molar-refractivity contribution in [1.29, 1.82) is 0 Å². The smallest absolute Gasteiger partial charge is 0.228 e. The van der Waals surface area contributed by atoms with Gasteiger partial charge < -0.3 is 10.3 Å². The minimum absolute atomic E-state index is 0.0302. The summed E-state index contributed by atoms with van der Waals surface area (Å²) in [6.07, 6.45) is 6.55. The van der Waals surface area contributed by atoms with Crippen LogP contribution in [0.4, 0.5) is 0 Å². The van der Waals surface area contributed by atoms with E-state index in [1.165, 1.54) is 11.1 Å². The molecule has 1 aromatic carbocycles. The first-order valence-corrected chi connectivity index (χ1v) is 7.13. The van der Waals surface area contributed by atoms with Gasteiger partial charge in [-0.3, -0.25) is 4.79 Å². The number of amides is 1. The largest absolute Gasteiger partial charge is 0.347 e. The fourth-order valence-corrected chi connectivity index (χ4v) is 2.92. The zero-order valence-electron chi connectivity index (χ0n) is 11.6. The SMILES string of the molecule is CC(NC(=O)C1CCCc2ccccc21)c1ncc[nH]1. The molecular formula is C16H19N3O. The fraction of sp³-hybridized carbons (Fsp3) is 0.375. The van der Waals surface area contributed by atoms with Crippen LogP contribution in [0.5, 0.6) is 0 Å². The molecule has 1 amide bonds. The number of carbonyl (C=O) groups is 1. The maximum Gasteiger partial charge on any atom is 0.228 e. The molecule has 0 bridgehead atoms. The Balaban J connectivity index is 1.75. The fourth-order valence-electron chi connectivity index (χ4n) is 2.92. The topological polar surface area (TPSA) is 57.8 Å². The number of rotatable bonds is 3. The summed E-state index contributed by atoms with van der Waals surface area (Å²) in [6, 6.07) is 8.18. The molecule has 4 heteroatoms. The third-order valence-electron chi connectivity index (χ3n) is 3.97. The number of hydrogen-bond acceptors (Lipinski definition) is 2. The molecule has 0 fully saturated rings. The van der Waals surface area contributed by atoms with Crippen LogP contribution in [0.15, 0.2) is 36.7 Å². The standard InChI is InChI=1S/C16H19N3O/c1-11(15-17-9-10-18-15)19-16(20)14-8-4-6-12-5-2-3-7-13(12)14/h2-3,5,7,9-11,14H,4,6,8H2,1H3,(H,17,18)(H,19,20). The second kappa shape index (κ2) is 5.49. The third-order valence-corrected chi connectivity index (χ3v) is 3.97. The van der Waals surface area contributed by atoms with Crippen molar-refractivity contribution in [1.82, 2.24) is 15.3 Å². The van der Waals surface area contributed by atoms with Crippen molar-refractivity contribution in [3.63, 3.8) is 0 Å². The maximum absolute atomic E-state index is 12.5. The van der Waals surface area contributed by atoms with E-state index in [1.54, 1.807) is 12.4 Å². The minimum atomic E-state index is -0.0911. The Bertz CT molecular complexity index is 592. The Morgan fingerprint density at radius 2 is 2.30 bits per heavy atom. The summed E-state index contributed by atoms with van der Waals surface area (Å²) in [7, 11) is 0. The van der Waals surface area contributed by atoms with Gasteiger partial charge in [-0.25, -0.2) is 4.98 Å². The Labute approximate surface area is 118 Å².